The molecule has 16 heavy (non-hydrogen) atoms. The lowest BCUT2D eigenvalue weighted by Gasteiger charge is -2.24. The van der Waals surface area contributed by atoms with Crippen molar-refractivity contribution in [3.63, 3.8) is 0 Å². The molecule has 1 N–H and O–H groups in total. The summed E-state index contributed by atoms with van der Waals surface area (Å²) in [6.45, 7) is 2.65. The summed E-state index contributed by atoms with van der Waals surface area (Å²) in [5.41, 5.74) is -0.624. The fourth-order valence-corrected chi connectivity index (χ4v) is 2.51. The van der Waals surface area contributed by atoms with Gasteiger partial charge >= 0.3 is 0 Å². The Morgan fingerprint density at radius 3 is 3.00 bits per heavy atom. The van der Waals surface area contributed by atoms with Gasteiger partial charge in [-0.05, 0) is 44.0 Å². The molecule has 3 heteroatoms. The van der Waals surface area contributed by atoms with Gasteiger partial charge in [0.15, 0.2) is 0 Å². The van der Waals surface area contributed by atoms with E-state index in [2.05, 4.69) is 5.32 Å². The monoisotopic (exact) mass is 241 g/mol. The molecule has 1 fully saturated rings. The standard InChI is InChI=1S/C13H17ClFN/c1-13(15,9-12-6-3-7-16-12)10-4-2-5-11(14)8-10/h2,4-5,8,12,16H,3,6-7,9H2,1H3. The number of hydrogen-bond acceptors (Lipinski definition) is 1. The summed E-state index contributed by atoms with van der Waals surface area (Å²) in [7, 11) is 0. The molecule has 0 saturated carbocycles. The molecule has 0 spiro atoms. The lowest BCUT2D eigenvalue weighted by molar-refractivity contribution is 0.159. The maximum absolute atomic E-state index is 14.6. The molecule has 1 aromatic rings. The van der Waals surface area contributed by atoms with E-state index in [1.165, 1.54) is 0 Å². The minimum atomic E-state index is -1.30. The Morgan fingerprint density at radius 2 is 2.38 bits per heavy atom. The molecule has 1 aliphatic heterocycles. The predicted octanol–water partition coefficient (Wildman–Crippen LogP) is 3.67. The van der Waals surface area contributed by atoms with Gasteiger partial charge < -0.3 is 5.32 Å². The maximum Gasteiger partial charge on any atom is 0.134 e. The van der Waals surface area contributed by atoms with Gasteiger partial charge in [-0.2, -0.15) is 0 Å². The Morgan fingerprint density at radius 1 is 1.56 bits per heavy atom. The van der Waals surface area contributed by atoms with Gasteiger partial charge in [0.1, 0.15) is 5.67 Å². The molecule has 1 aromatic carbocycles. The zero-order valence-electron chi connectivity index (χ0n) is 9.47. The number of alkyl halides is 1. The van der Waals surface area contributed by atoms with Gasteiger partial charge in [-0.15, -0.1) is 0 Å². The van der Waals surface area contributed by atoms with Crippen molar-refractivity contribution in [1.82, 2.24) is 5.32 Å². The second-order valence-electron chi connectivity index (χ2n) is 4.71. The van der Waals surface area contributed by atoms with Crippen molar-refractivity contribution in [2.24, 2.45) is 0 Å². The second kappa shape index (κ2) is 4.72. The number of halogens is 2. The molecule has 0 bridgehead atoms. The molecule has 1 heterocycles. The minimum absolute atomic E-state index is 0.300. The highest BCUT2D eigenvalue weighted by Crippen LogP contribution is 2.33. The maximum atomic E-state index is 14.6. The third kappa shape index (κ3) is 2.74. The molecular formula is C13H17ClFN. The van der Waals surface area contributed by atoms with E-state index in [1.54, 1.807) is 31.2 Å². The second-order valence-corrected chi connectivity index (χ2v) is 5.14. The van der Waals surface area contributed by atoms with E-state index < -0.39 is 5.67 Å². The molecule has 2 rings (SSSR count). The molecule has 0 amide bonds. The van der Waals surface area contributed by atoms with Crippen molar-refractivity contribution >= 4 is 11.6 Å². The number of nitrogens with one attached hydrogen (secondary N) is 1. The van der Waals surface area contributed by atoms with Gasteiger partial charge in [0, 0.05) is 17.5 Å². The van der Waals surface area contributed by atoms with Gasteiger partial charge in [0.2, 0.25) is 0 Å². The molecule has 0 radical (unpaired) electrons. The van der Waals surface area contributed by atoms with Crippen molar-refractivity contribution in [2.75, 3.05) is 6.54 Å². The fourth-order valence-electron chi connectivity index (χ4n) is 2.32. The van der Waals surface area contributed by atoms with Crippen molar-refractivity contribution in [2.45, 2.75) is 37.9 Å². The first-order chi connectivity index (χ1) is 7.58. The van der Waals surface area contributed by atoms with E-state index >= 15 is 0 Å². The van der Waals surface area contributed by atoms with Gasteiger partial charge in [-0.1, -0.05) is 23.7 Å². The summed E-state index contributed by atoms with van der Waals surface area (Å²) in [6.07, 6.45) is 2.74. The zero-order chi connectivity index (χ0) is 11.6. The summed E-state index contributed by atoms with van der Waals surface area (Å²) in [5, 5.41) is 3.92. The Bertz CT molecular complexity index is 359. The molecule has 88 valence electrons. The molecule has 2 unspecified atom stereocenters. The van der Waals surface area contributed by atoms with Crippen LogP contribution in [0.15, 0.2) is 24.3 Å². The van der Waals surface area contributed by atoms with Crippen LogP contribution in [0.2, 0.25) is 5.02 Å². The molecule has 1 aliphatic rings. The van der Waals surface area contributed by atoms with E-state index in [9.17, 15) is 4.39 Å². The molecule has 1 nitrogen and oxygen atoms in total. The fraction of sp³-hybridized carbons (Fsp3) is 0.538. The van der Waals surface area contributed by atoms with Crippen molar-refractivity contribution < 1.29 is 4.39 Å². The van der Waals surface area contributed by atoms with Crippen LogP contribution in [-0.2, 0) is 5.67 Å². The van der Waals surface area contributed by atoms with Crippen LogP contribution in [0, 0.1) is 0 Å². The minimum Gasteiger partial charge on any atom is -0.314 e. The summed E-state index contributed by atoms with van der Waals surface area (Å²) in [6, 6.07) is 7.40. The smallest absolute Gasteiger partial charge is 0.134 e. The quantitative estimate of drug-likeness (QED) is 0.852. The highest BCUT2D eigenvalue weighted by Gasteiger charge is 2.31. The molecular weight excluding hydrogens is 225 g/mol. The van der Waals surface area contributed by atoms with Crippen LogP contribution in [0.3, 0.4) is 0 Å². The van der Waals surface area contributed by atoms with Crippen LogP contribution in [0.25, 0.3) is 0 Å². The van der Waals surface area contributed by atoms with Crippen LogP contribution in [-0.4, -0.2) is 12.6 Å². The van der Waals surface area contributed by atoms with Crippen LogP contribution in [0.1, 0.15) is 31.7 Å². The molecule has 0 aromatic heterocycles. The van der Waals surface area contributed by atoms with E-state index in [1.807, 2.05) is 0 Å². The largest absolute Gasteiger partial charge is 0.314 e. The Hall–Kier alpha value is -0.600. The molecule has 0 aliphatic carbocycles. The zero-order valence-corrected chi connectivity index (χ0v) is 10.2. The Balaban J connectivity index is 2.10. The van der Waals surface area contributed by atoms with E-state index in [0.29, 0.717) is 23.0 Å². The highest BCUT2D eigenvalue weighted by atomic mass is 35.5. The van der Waals surface area contributed by atoms with Crippen molar-refractivity contribution in [3.8, 4) is 0 Å². The SMILES string of the molecule is CC(F)(CC1CCCN1)c1cccc(Cl)c1. The van der Waals surface area contributed by atoms with Gasteiger partial charge in [0.05, 0.1) is 0 Å². The van der Waals surface area contributed by atoms with E-state index in [-0.39, 0.29) is 0 Å². The van der Waals surface area contributed by atoms with Crippen LogP contribution in [0.5, 0.6) is 0 Å². The molecule has 2 atom stereocenters. The topological polar surface area (TPSA) is 12.0 Å². The van der Waals surface area contributed by atoms with E-state index in [0.717, 1.165) is 19.4 Å². The average molecular weight is 242 g/mol. The predicted molar refractivity (Wildman–Crippen MR) is 65.6 cm³/mol. The highest BCUT2D eigenvalue weighted by molar-refractivity contribution is 6.30. The Labute approximate surface area is 101 Å². The number of benzene rings is 1. The van der Waals surface area contributed by atoms with Crippen LogP contribution in [0.4, 0.5) is 4.39 Å². The summed E-state index contributed by atoms with van der Waals surface area (Å²) in [5.74, 6) is 0. The van der Waals surface area contributed by atoms with E-state index in [4.69, 9.17) is 11.6 Å². The van der Waals surface area contributed by atoms with Crippen LogP contribution >= 0.6 is 11.6 Å². The normalized spacial score (nSPS) is 24.3. The third-order valence-corrected chi connectivity index (χ3v) is 3.45. The van der Waals surface area contributed by atoms with Gasteiger partial charge in [0.25, 0.3) is 0 Å². The first-order valence-corrected chi connectivity index (χ1v) is 6.14. The molecule has 1 saturated heterocycles. The third-order valence-electron chi connectivity index (χ3n) is 3.22. The van der Waals surface area contributed by atoms with Gasteiger partial charge in [-0.25, -0.2) is 4.39 Å². The van der Waals surface area contributed by atoms with Crippen LogP contribution < -0.4 is 5.32 Å². The summed E-state index contributed by atoms with van der Waals surface area (Å²) in [4.78, 5) is 0. The Kier molecular flexibility index (Phi) is 3.50. The number of rotatable bonds is 3. The first-order valence-electron chi connectivity index (χ1n) is 5.76. The average Bonchev–Trinajstić information content (AvgIpc) is 2.70. The summed E-state index contributed by atoms with van der Waals surface area (Å²) >= 11 is 5.89. The lowest BCUT2D eigenvalue weighted by atomic mass is 9.90. The van der Waals surface area contributed by atoms with Crippen molar-refractivity contribution in [3.05, 3.63) is 34.9 Å². The van der Waals surface area contributed by atoms with Crippen molar-refractivity contribution in [1.29, 1.82) is 0 Å². The lowest BCUT2D eigenvalue weighted by Crippen LogP contribution is -2.30. The first kappa shape index (κ1) is 11.9. The number of hydrogen-bond donors (Lipinski definition) is 1. The van der Waals surface area contributed by atoms with Gasteiger partial charge in [-0.3, -0.25) is 0 Å². The summed E-state index contributed by atoms with van der Waals surface area (Å²) < 4.78 is 14.6.